The summed E-state index contributed by atoms with van der Waals surface area (Å²) in [5, 5.41) is 9.16. The number of phenols is 1. The second-order valence-corrected chi connectivity index (χ2v) is 3.22. The molecule has 0 atom stereocenters. The van der Waals surface area contributed by atoms with Crippen LogP contribution in [0.2, 0.25) is 0 Å². The highest BCUT2D eigenvalue weighted by molar-refractivity contribution is 5.85. The van der Waals surface area contributed by atoms with Crippen molar-refractivity contribution < 1.29 is 5.11 Å². The minimum atomic E-state index is 0. The van der Waals surface area contributed by atoms with Gasteiger partial charge in [-0.3, -0.25) is 0 Å². The number of rotatable bonds is 3. The Hall–Kier alpha value is -0.730. The van der Waals surface area contributed by atoms with Gasteiger partial charge < -0.3 is 10.0 Å². The minimum absolute atomic E-state index is 0. The van der Waals surface area contributed by atoms with E-state index in [2.05, 4.69) is 4.90 Å². The van der Waals surface area contributed by atoms with Crippen molar-refractivity contribution in [2.75, 3.05) is 20.6 Å². The zero-order chi connectivity index (χ0) is 8.97. The van der Waals surface area contributed by atoms with Crippen LogP contribution < -0.4 is 0 Å². The Morgan fingerprint density at radius 1 is 1.31 bits per heavy atom. The van der Waals surface area contributed by atoms with Gasteiger partial charge in [-0.25, -0.2) is 0 Å². The van der Waals surface area contributed by atoms with Crippen LogP contribution in [0, 0.1) is 0 Å². The first-order valence-corrected chi connectivity index (χ1v) is 4.11. The van der Waals surface area contributed by atoms with Crippen LogP contribution in [0.15, 0.2) is 24.3 Å². The summed E-state index contributed by atoms with van der Waals surface area (Å²) in [5.41, 5.74) is 1.18. The van der Waals surface area contributed by atoms with E-state index in [0.29, 0.717) is 5.75 Å². The van der Waals surface area contributed by atoms with Gasteiger partial charge in [0.05, 0.1) is 0 Å². The molecule has 0 fully saturated rings. The van der Waals surface area contributed by atoms with Crippen LogP contribution in [-0.2, 0) is 6.42 Å². The minimum Gasteiger partial charge on any atom is -0.508 e. The van der Waals surface area contributed by atoms with E-state index in [9.17, 15) is 0 Å². The Morgan fingerprint density at radius 2 is 2.00 bits per heavy atom. The van der Waals surface area contributed by atoms with Crippen molar-refractivity contribution in [1.82, 2.24) is 4.90 Å². The molecule has 74 valence electrons. The summed E-state index contributed by atoms with van der Waals surface area (Å²) in [7, 11) is 4.09. The monoisotopic (exact) mass is 201 g/mol. The van der Waals surface area contributed by atoms with Gasteiger partial charge in [0.15, 0.2) is 0 Å². The van der Waals surface area contributed by atoms with Crippen LogP contribution in [0.5, 0.6) is 5.75 Å². The summed E-state index contributed by atoms with van der Waals surface area (Å²) in [6, 6.07) is 7.41. The molecule has 13 heavy (non-hydrogen) atoms. The van der Waals surface area contributed by atoms with Gasteiger partial charge in [-0.05, 0) is 38.2 Å². The van der Waals surface area contributed by atoms with Crippen molar-refractivity contribution in [1.29, 1.82) is 0 Å². The zero-order valence-electron chi connectivity index (χ0n) is 8.03. The molecule has 0 saturated carbocycles. The van der Waals surface area contributed by atoms with E-state index in [-0.39, 0.29) is 12.4 Å². The summed E-state index contributed by atoms with van der Waals surface area (Å²) in [4.78, 5) is 2.13. The number of benzene rings is 1. The number of hydrogen-bond donors (Lipinski definition) is 1. The van der Waals surface area contributed by atoms with E-state index in [1.54, 1.807) is 6.07 Å². The van der Waals surface area contributed by atoms with Gasteiger partial charge in [-0.1, -0.05) is 12.1 Å². The molecule has 3 heteroatoms. The molecule has 1 aromatic rings. The van der Waals surface area contributed by atoms with Crippen LogP contribution in [0.3, 0.4) is 0 Å². The Labute approximate surface area is 85.6 Å². The molecule has 1 aromatic carbocycles. The lowest BCUT2D eigenvalue weighted by Crippen LogP contribution is -2.14. The lowest BCUT2D eigenvalue weighted by atomic mass is 10.1. The third kappa shape index (κ3) is 4.76. The summed E-state index contributed by atoms with van der Waals surface area (Å²) < 4.78 is 0. The van der Waals surface area contributed by atoms with Gasteiger partial charge in [-0.15, -0.1) is 12.4 Å². The molecule has 0 bridgehead atoms. The average molecular weight is 202 g/mol. The molecule has 0 aliphatic carbocycles. The fraction of sp³-hybridized carbons (Fsp3) is 0.400. The van der Waals surface area contributed by atoms with Gasteiger partial charge in [0, 0.05) is 6.54 Å². The van der Waals surface area contributed by atoms with E-state index >= 15 is 0 Å². The predicted molar refractivity (Wildman–Crippen MR) is 57.6 cm³/mol. The summed E-state index contributed by atoms with van der Waals surface area (Å²) in [6.45, 7) is 1.02. The van der Waals surface area contributed by atoms with Crippen molar-refractivity contribution >= 4 is 12.4 Å². The van der Waals surface area contributed by atoms with Gasteiger partial charge in [0.25, 0.3) is 0 Å². The summed E-state index contributed by atoms with van der Waals surface area (Å²) in [6.07, 6.45) is 0.987. The van der Waals surface area contributed by atoms with Crippen molar-refractivity contribution in [2.24, 2.45) is 0 Å². The van der Waals surface area contributed by atoms with Crippen molar-refractivity contribution in [2.45, 2.75) is 6.42 Å². The molecule has 2 nitrogen and oxygen atoms in total. The second-order valence-electron chi connectivity index (χ2n) is 3.22. The third-order valence-electron chi connectivity index (χ3n) is 1.76. The standard InChI is InChI=1S/C10H15NO.ClH/c1-11(2)7-6-9-4-3-5-10(12)8-9;/h3-5,8,12H,6-7H2,1-2H3;1H. The number of nitrogens with zero attached hydrogens (tertiary/aromatic N) is 1. The molecule has 1 rings (SSSR count). The van der Waals surface area contributed by atoms with Crippen molar-refractivity contribution in [3.05, 3.63) is 29.8 Å². The Morgan fingerprint density at radius 3 is 2.54 bits per heavy atom. The van der Waals surface area contributed by atoms with Crippen LogP contribution in [0.1, 0.15) is 5.56 Å². The van der Waals surface area contributed by atoms with Crippen molar-refractivity contribution in [3.8, 4) is 5.75 Å². The summed E-state index contributed by atoms with van der Waals surface area (Å²) >= 11 is 0. The molecule has 0 spiro atoms. The molecular weight excluding hydrogens is 186 g/mol. The third-order valence-corrected chi connectivity index (χ3v) is 1.76. The molecule has 0 aliphatic heterocycles. The lowest BCUT2D eigenvalue weighted by Gasteiger charge is -2.08. The van der Waals surface area contributed by atoms with Gasteiger partial charge in [-0.2, -0.15) is 0 Å². The highest BCUT2D eigenvalue weighted by atomic mass is 35.5. The topological polar surface area (TPSA) is 23.5 Å². The largest absolute Gasteiger partial charge is 0.508 e. The zero-order valence-corrected chi connectivity index (χ0v) is 8.84. The van der Waals surface area contributed by atoms with E-state index < -0.39 is 0 Å². The number of likely N-dealkylation sites (N-methyl/N-ethyl adjacent to an activating group) is 1. The van der Waals surface area contributed by atoms with E-state index in [1.807, 2.05) is 32.3 Å². The average Bonchev–Trinajstić information content (AvgIpc) is 2.01. The molecule has 0 saturated heterocycles. The maximum absolute atomic E-state index is 9.16. The van der Waals surface area contributed by atoms with Gasteiger partial charge in [0.1, 0.15) is 5.75 Å². The van der Waals surface area contributed by atoms with Crippen LogP contribution in [-0.4, -0.2) is 30.6 Å². The normalized spacial score (nSPS) is 9.77. The predicted octanol–water partition coefficient (Wildman–Crippen LogP) is 1.92. The SMILES string of the molecule is CN(C)CCc1cccc(O)c1.Cl. The first-order valence-electron chi connectivity index (χ1n) is 4.11. The quantitative estimate of drug-likeness (QED) is 0.808. The number of hydrogen-bond acceptors (Lipinski definition) is 2. The Kier molecular flexibility index (Phi) is 5.51. The fourth-order valence-corrected chi connectivity index (χ4v) is 1.06. The number of aromatic hydroxyl groups is 1. The van der Waals surface area contributed by atoms with Gasteiger partial charge in [0.2, 0.25) is 0 Å². The number of halogens is 1. The first kappa shape index (κ1) is 12.3. The molecular formula is C10H16ClNO. The second kappa shape index (κ2) is 5.84. The molecule has 0 radical (unpaired) electrons. The maximum Gasteiger partial charge on any atom is 0.115 e. The molecule has 0 aliphatic rings. The molecule has 1 N–H and O–H groups in total. The lowest BCUT2D eigenvalue weighted by molar-refractivity contribution is 0.413. The van der Waals surface area contributed by atoms with Crippen LogP contribution in [0.4, 0.5) is 0 Å². The highest BCUT2D eigenvalue weighted by Crippen LogP contribution is 2.11. The van der Waals surface area contributed by atoms with Crippen molar-refractivity contribution in [3.63, 3.8) is 0 Å². The Bertz CT molecular complexity index is 250. The van der Waals surface area contributed by atoms with E-state index in [4.69, 9.17) is 5.11 Å². The molecule has 0 unspecified atom stereocenters. The van der Waals surface area contributed by atoms with E-state index in [0.717, 1.165) is 13.0 Å². The molecule has 0 amide bonds. The first-order chi connectivity index (χ1) is 5.68. The van der Waals surface area contributed by atoms with Gasteiger partial charge >= 0.3 is 0 Å². The smallest absolute Gasteiger partial charge is 0.115 e. The Balaban J connectivity index is 0.00000144. The highest BCUT2D eigenvalue weighted by Gasteiger charge is 1.95. The van der Waals surface area contributed by atoms with E-state index in [1.165, 1.54) is 5.56 Å². The molecule has 0 heterocycles. The van der Waals surface area contributed by atoms with Crippen LogP contribution >= 0.6 is 12.4 Å². The summed E-state index contributed by atoms with van der Waals surface area (Å²) in [5.74, 6) is 0.353. The van der Waals surface area contributed by atoms with Crippen LogP contribution in [0.25, 0.3) is 0 Å². The fourth-order valence-electron chi connectivity index (χ4n) is 1.06. The number of phenolic OH excluding ortho intramolecular Hbond substituents is 1. The maximum atomic E-state index is 9.16. The molecule has 0 aromatic heterocycles.